The molecule has 24 heavy (non-hydrogen) atoms. The second-order valence-electron chi connectivity index (χ2n) is 5.85. The fourth-order valence-corrected chi connectivity index (χ4v) is 3.81. The van der Waals surface area contributed by atoms with Crippen LogP contribution in [0.5, 0.6) is 11.5 Å². The van der Waals surface area contributed by atoms with E-state index in [1.54, 1.807) is 11.3 Å². The van der Waals surface area contributed by atoms with Crippen LogP contribution in [0.1, 0.15) is 16.8 Å². The third-order valence-corrected chi connectivity index (χ3v) is 5.25. The van der Waals surface area contributed by atoms with Crippen molar-refractivity contribution in [2.75, 3.05) is 6.54 Å². The fourth-order valence-electron chi connectivity index (χ4n) is 2.99. The molecule has 2 aromatic heterocycles. The van der Waals surface area contributed by atoms with E-state index in [-0.39, 0.29) is 16.5 Å². The number of aromatic hydroxyl groups is 2. The Kier molecular flexibility index (Phi) is 3.96. The summed E-state index contributed by atoms with van der Waals surface area (Å²) in [7, 11) is 0. The van der Waals surface area contributed by atoms with Gasteiger partial charge in [-0.2, -0.15) is 11.3 Å². The molecule has 0 amide bonds. The predicted molar refractivity (Wildman–Crippen MR) is 92.4 cm³/mol. The lowest BCUT2D eigenvalue weighted by molar-refractivity contribution is 0.245. The van der Waals surface area contributed by atoms with E-state index in [0.29, 0.717) is 17.9 Å². The van der Waals surface area contributed by atoms with Gasteiger partial charge in [0.2, 0.25) is 0 Å². The summed E-state index contributed by atoms with van der Waals surface area (Å²) in [5, 5.41) is 28.3. The highest BCUT2D eigenvalue weighted by Gasteiger charge is 2.26. The molecule has 0 aliphatic carbocycles. The smallest absolute Gasteiger partial charge is 0.175 e. The first kappa shape index (κ1) is 15.5. The number of phenols is 2. The van der Waals surface area contributed by atoms with Gasteiger partial charge in [-0.05, 0) is 28.5 Å². The van der Waals surface area contributed by atoms with Crippen molar-refractivity contribution in [1.82, 2.24) is 10.1 Å². The number of nitrogens with zero attached hydrogens (tertiary/aromatic N) is 2. The van der Waals surface area contributed by atoms with Gasteiger partial charge in [0.1, 0.15) is 11.5 Å². The van der Waals surface area contributed by atoms with Crippen LogP contribution in [0.25, 0.3) is 11.3 Å². The largest absolute Gasteiger partial charge is 0.507 e. The molecule has 3 heterocycles. The maximum Gasteiger partial charge on any atom is 0.175 e. The van der Waals surface area contributed by atoms with Gasteiger partial charge in [-0.3, -0.25) is 4.90 Å². The maximum atomic E-state index is 10.1. The van der Waals surface area contributed by atoms with Gasteiger partial charge in [0.25, 0.3) is 0 Å². The molecular formula is C17H15ClN2O3S. The summed E-state index contributed by atoms with van der Waals surface area (Å²) in [5.74, 6) is 0.274. The summed E-state index contributed by atoms with van der Waals surface area (Å²) >= 11 is 7.67. The van der Waals surface area contributed by atoms with Crippen molar-refractivity contribution in [3.8, 4) is 22.8 Å². The van der Waals surface area contributed by atoms with Crippen LogP contribution >= 0.6 is 22.9 Å². The number of benzene rings is 1. The number of phenolic OH excluding ortho intramolecular Hbond substituents is 2. The summed E-state index contributed by atoms with van der Waals surface area (Å²) < 4.78 is 5.49. The van der Waals surface area contributed by atoms with Crippen molar-refractivity contribution < 1.29 is 14.7 Å². The molecule has 0 atom stereocenters. The minimum atomic E-state index is -0.162. The fraction of sp³-hybridized carbons (Fsp3) is 0.235. The third-order valence-electron chi connectivity index (χ3n) is 4.21. The second-order valence-corrected chi connectivity index (χ2v) is 7.04. The van der Waals surface area contributed by atoms with Crippen LogP contribution in [-0.2, 0) is 19.5 Å². The van der Waals surface area contributed by atoms with Crippen molar-refractivity contribution in [3.05, 3.63) is 50.8 Å². The molecule has 0 spiro atoms. The summed E-state index contributed by atoms with van der Waals surface area (Å²) in [6, 6.07) is 4.85. The van der Waals surface area contributed by atoms with Crippen LogP contribution in [0.15, 0.2) is 33.5 Å². The topological polar surface area (TPSA) is 69.7 Å². The van der Waals surface area contributed by atoms with Gasteiger partial charge < -0.3 is 14.7 Å². The van der Waals surface area contributed by atoms with Gasteiger partial charge in [-0.25, -0.2) is 0 Å². The Bertz CT molecular complexity index is 876. The van der Waals surface area contributed by atoms with Crippen LogP contribution in [0.4, 0.5) is 0 Å². The number of aromatic nitrogens is 1. The quantitative estimate of drug-likeness (QED) is 0.736. The highest BCUT2D eigenvalue weighted by atomic mass is 35.5. The van der Waals surface area contributed by atoms with Crippen LogP contribution < -0.4 is 0 Å². The molecule has 0 saturated heterocycles. The molecule has 5 nitrogen and oxygen atoms in total. The van der Waals surface area contributed by atoms with Gasteiger partial charge in [0, 0.05) is 37.7 Å². The molecule has 0 saturated carbocycles. The van der Waals surface area contributed by atoms with E-state index < -0.39 is 0 Å². The normalized spacial score (nSPS) is 14.7. The van der Waals surface area contributed by atoms with E-state index in [1.807, 2.05) is 0 Å². The molecule has 0 fully saturated rings. The Balaban J connectivity index is 1.67. The van der Waals surface area contributed by atoms with Crippen molar-refractivity contribution in [2.24, 2.45) is 0 Å². The SMILES string of the molecule is Oc1cc(O)c(-c2onc3c2CN(Cc2ccsc2)CC3)cc1Cl. The van der Waals surface area contributed by atoms with Gasteiger partial charge in [0.15, 0.2) is 5.76 Å². The van der Waals surface area contributed by atoms with E-state index in [9.17, 15) is 10.2 Å². The first-order chi connectivity index (χ1) is 11.6. The lowest BCUT2D eigenvalue weighted by atomic mass is 10.0. The van der Waals surface area contributed by atoms with Gasteiger partial charge in [-0.15, -0.1) is 0 Å². The van der Waals surface area contributed by atoms with Crippen LogP contribution in [0, 0.1) is 0 Å². The maximum absolute atomic E-state index is 10.1. The Morgan fingerprint density at radius 2 is 2.17 bits per heavy atom. The molecule has 0 radical (unpaired) electrons. The van der Waals surface area contributed by atoms with Gasteiger partial charge in [0.05, 0.1) is 16.3 Å². The number of rotatable bonds is 3. The van der Waals surface area contributed by atoms with Gasteiger partial charge in [-0.1, -0.05) is 16.8 Å². The van der Waals surface area contributed by atoms with Crippen LogP contribution in [0.3, 0.4) is 0 Å². The molecule has 0 unspecified atom stereocenters. The standard InChI is InChI=1S/C17H15ClN2O3S/c18-13-5-11(15(21)6-16(13)22)17-12-8-20(3-1-14(12)19-23-17)7-10-2-4-24-9-10/h2,4-6,9,21-22H,1,3,7-8H2. The highest BCUT2D eigenvalue weighted by Crippen LogP contribution is 2.40. The predicted octanol–water partition coefficient (Wildman–Crippen LogP) is 4.03. The van der Waals surface area contributed by atoms with Crippen molar-refractivity contribution in [1.29, 1.82) is 0 Å². The van der Waals surface area contributed by atoms with E-state index >= 15 is 0 Å². The molecule has 0 bridgehead atoms. The number of hydrogen-bond donors (Lipinski definition) is 2. The third kappa shape index (κ3) is 2.77. The summed E-state index contributed by atoms with van der Waals surface area (Å²) in [6.07, 6.45) is 0.801. The van der Waals surface area contributed by atoms with Crippen molar-refractivity contribution >= 4 is 22.9 Å². The minimum Gasteiger partial charge on any atom is -0.507 e. The molecule has 3 aromatic rings. The average molecular weight is 363 g/mol. The van der Waals surface area contributed by atoms with Crippen molar-refractivity contribution in [2.45, 2.75) is 19.5 Å². The average Bonchev–Trinajstić information content (AvgIpc) is 3.20. The van der Waals surface area contributed by atoms with Crippen molar-refractivity contribution in [3.63, 3.8) is 0 Å². The molecule has 7 heteroatoms. The number of fused-ring (bicyclic) bond motifs is 1. The lowest BCUT2D eigenvalue weighted by Crippen LogP contribution is -2.29. The van der Waals surface area contributed by atoms with E-state index in [2.05, 4.69) is 26.9 Å². The van der Waals surface area contributed by atoms with E-state index in [1.165, 1.54) is 17.7 Å². The van der Waals surface area contributed by atoms with Crippen LogP contribution in [-0.4, -0.2) is 26.8 Å². The van der Waals surface area contributed by atoms with E-state index in [0.717, 1.165) is 30.8 Å². The Hall–Kier alpha value is -2.02. The molecule has 1 aromatic carbocycles. The first-order valence-electron chi connectivity index (χ1n) is 7.54. The zero-order valence-corrected chi connectivity index (χ0v) is 14.3. The zero-order chi connectivity index (χ0) is 16.7. The number of thiophene rings is 1. The molecular weight excluding hydrogens is 348 g/mol. The molecule has 124 valence electrons. The summed E-state index contributed by atoms with van der Waals surface area (Å²) in [5.41, 5.74) is 3.62. The van der Waals surface area contributed by atoms with Crippen LogP contribution in [0.2, 0.25) is 5.02 Å². The first-order valence-corrected chi connectivity index (χ1v) is 8.86. The second kappa shape index (κ2) is 6.12. The molecule has 4 rings (SSSR count). The summed E-state index contributed by atoms with van der Waals surface area (Å²) in [6.45, 7) is 2.48. The Morgan fingerprint density at radius 3 is 2.96 bits per heavy atom. The zero-order valence-electron chi connectivity index (χ0n) is 12.7. The molecule has 1 aliphatic heterocycles. The monoisotopic (exact) mass is 362 g/mol. The number of halogens is 1. The molecule has 2 N–H and O–H groups in total. The number of hydrogen-bond acceptors (Lipinski definition) is 6. The minimum absolute atomic E-state index is 0.0780. The Morgan fingerprint density at radius 1 is 1.29 bits per heavy atom. The van der Waals surface area contributed by atoms with Gasteiger partial charge >= 0.3 is 0 Å². The van der Waals surface area contributed by atoms with E-state index in [4.69, 9.17) is 16.1 Å². The molecule has 1 aliphatic rings. The summed E-state index contributed by atoms with van der Waals surface area (Å²) in [4.78, 5) is 2.32. The Labute approximate surface area is 147 Å². The lowest BCUT2D eigenvalue weighted by Gasteiger charge is -2.25. The highest BCUT2D eigenvalue weighted by molar-refractivity contribution is 7.07.